The molecule has 0 atom stereocenters. The van der Waals surface area contributed by atoms with Gasteiger partial charge in [0.05, 0.1) is 7.11 Å². The molecule has 0 aliphatic heterocycles. The average molecular weight is 302 g/mol. The first-order valence-electron chi connectivity index (χ1n) is 5.27. The summed E-state index contributed by atoms with van der Waals surface area (Å²) in [6.07, 6.45) is 0. The van der Waals surface area contributed by atoms with Crippen LogP contribution in [0.3, 0.4) is 0 Å². The van der Waals surface area contributed by atoms with Crippen molar-refractivity contribution in [2.45, 2.75) is 6.54 Å². The van der Waals surface area contributed by atoms with Crippen LogP contribution in [0, 0.1) is 0 Å². The number of thiocarbonyl (C=S) groups is 1. The Morgan fingerprint density at radius 3 is 2.42 bits per heavy atom. The van der Waals surface area contributed by atoms with Gasteiger partial charge in [-0.25, -0.2) is 13.1 Å². The van der Waals surface area contributed by atoms with Gasteiger partial charge in [0.2, 0.25) is 10.0 Å². The highest BCUT2D eigenvalue weighted by Gasteiger charge is 2.16. The van der Waals surface area contributed by atoms with Gasteiger partial charge in [0.25, 0.3) is 0 Å². The van der Waals surface area contributed by atoms with Gasteiger partial charge in [0, 0.05) is 12.1 Å². The van der Waals surface area contributed by atoms with Crippen LogP contribution in [0.4, 0.5) is 0 Å². The maximum atomic E-state index is 11.5. The molecule has 0 saturated heterocycles. The van der Waals surface area contributed by atoms with E-state index in [9.17, 15) is 13.2 Å². The van der Waals surface area contributed by atoms with E-state index in [1.165, 1.54) is 0 Å². The minimum absolute atomic E-state index is 0.0803. The third kappa shape index (κ3) is 5.33. The zero-order valence-electron chi connectivity index (χ0n) is 10.3. The molecule has 0 heterocycles. The van der Waals surface area contributed by atoms with Gasteiger partial charge >= 0.3 is 5.97 Å². The van der Waals surface area contributed by atoms with Gasteiger partial charge in [0.15, 0.2) is 5.75 Å². The van der Waals surface area contributed by atoms with Crippen molar-refractivity contribution in [3.8, 4) is 0 Å². The Bertz CT molecular complexity index is 567. The fourth-order valence-corrected chi connectivity index (χ4v) is 2.30. The van der Waals surface area contributed by atoms with E-state index in [-0.39, 0.29) is 11.5 Å². The zero-order chi connectivity index (χ0) is 14.5. The Balaban J connectivity index is 2.61. The van der Waals surface area contributed by atoms with Gasteiger partial charge < -0.3 is 10.5 Å². The van der Waals surface area contributed by atoms with Crippen molar-refractivity contribution in [2.75, 3.05) is 12.9 Å². The largest absolute Gasteiger partial charge is 0.468 e. The molecule has 0 unspecified atom stereocenters. The van der Waals surface area contributed by atoms with E-state index in [0.29, 0.717) is 5.56 Å². The molecule has 0 bridgehead atoms. The van der Waals surface area contributed by atoms with Crippen molar-refractivity contribution < 1.29 is 17.9 Å². The van der Waals surface area contributed by atoms with E-state index in [0.717, 1.165) is 12.7 Å². The Morgan fingerprint density at radius 2 is 1.95 bits per heavy atom. The van der Waals surface area contributed by atoms with Crippen molar-refractivity contribution >= 4 is 33.2 Å². The third-order valence-electron chi connectivity index (χ3n) is 2.27. The van der Waals surface area contributed by atoms with Crippen molar-refractivity contribution in [2.24, 2.45) is 5.73 Å². The lowest BCUT2D eigenvalue weighted by molar-refractivity contribution is -0.137. The summed E-state index contributed by atoms with van der Waals surface area (Å²) in [7, 11) is -2.56. The van der Waals surface area contributed by atoms with Gasteiger partial charge in [-0.3, -0.25) is 4.79 Å². The number of methoxy groups -OCH3 is 1. The lowest BCUT2D eigenvalue weighted by Gasteiger charge is -2.06. The summed E-state index contributed by atoms with van der Waals surface area (Å²) < 4.78 is 29.6. The van der Waals surface area contributed by atoms with E-state index in [1.54, 1.807) is 24.3 Å². The van der Waals surface area contributed by atoms with Gasteiger partial charge in [-0.1, -0.05) is 36.5 Å². The van der Waals surface area contributed by atoms with Crippen molar-refractivity contribution in [1.82, 2.24) is 4.72 Å². The number of carbonyl (C=O) groups is 1. The van der Waals surface area contributed by atoms with Crippen LogP contribution in [0.15, 0.2) is 24.3 Å². The molecular weight excluding hydrogens is 288 g/mol. The number of hydrogen-bond acceptors (Lipinski definition) is 5. The lowest BCUT2D eigenvalue weighted by Crippen LogP contribution is -2.30. The Hall–Kier alpha value is -1.51. The van der Waals surface area contributed by atoms with Crippen LogP contribution < -0.4 is 10.5 Å². The van der Waals surface area contributed by atoms with Crippen LogP contribution in [0.1, 0.15) is 11.1 Å². The number of esters is 1. The highest BCUT2D eigenvalue weighted by Crippen LogP contribution is 2.04. The SMILES string of the molecule is COC(=O)CS(=O)(=O)NCc1ccc(C(N)=S)cc1. The molecule has 0 radical (unpaired) electrons. The minimum atomic E-state index is -3.69. The fourth-order valence-electron chi connectivity index (χ4n) is 1.25. The second-order valence-corrected chi connectivity index (χ2v) is 5.96. The van der Waals surface area contributed by atoms with Gasteiger partial charge in [0.1, 0.15) is 4.99 Å². The number of ether oxygens (including phenoxy) is 1. The van der Waals surface area contributed by atoms with Crippen LogP contribution in [-0.4, -0.2) is 32.2 Å². The third-order valence-corrected chi connectivity index (χ3v) is 3.71. The quantitative estimate of drug-likeness (QED) is 0.563. The molecule has 0 aliphatic rings. The highest BCUT2D eigenvalue weighted by molar-refractivity contribution is 7.90. The molecule has 3 N–H and O–H groups in total. The maximum absolute atomic E-state index is 11.5. The molecule has 0 amide bonds. The van der Waals surface area contributed by atoms with Crippen molar-refractivity contribution in [3.05, 3.63) is 35.4 Å². The van der Waals surface area contributed by atoms with E-state index >= 15 is 0 Å². The number of nitrogens with two attached hydrogens (primary N) is 1. The van der Waals surface area contributed by atoms with Crippen LogP contribution in [0.2, 0.25) is 0 Å². The molecule has 1 rings (SSSR count). The Kier molecular flexibility index (Phi) is 5.40. The molecule has 0 spiro atoms. The number of sulfonamides is 1. The van der Waals surface area contributed by atoms with E-state index in [2.05, 4.69) is 9.46 Å². The summed E-state index contributed by atoms with van der Waals surface area (Å²) in [5, 5.41) is 0. The summed E-state index contributed by atoms with van der Waals surface area (Å²) in [4.78, 5) is 11.2. The van der Waals surface area contributed by atoms with Gasteiger partial charge in [-0.05, 0) is 5.56 Å². The molecule has 1 aromatic carbocycles. The summed E-state index contributed by atoms with van der Waals surface area (Å²) in [6, 6.07) is 6.81. The van der Waals surface area contributed by atoms with Crippen LogP contribution in [-0.2, 0) is 26.1 Å². The minimum Gasteiger partial charge on any atom is -0.468 e. The monoisotopic (exact) mass is 302 g/mol. The molecule has 6 nitrogen and oxygen atoms in total. The smallest absolute Gasteiger partial charge is 0.322 e. The molecule has 0 aliphatic carbocycles. The maximum Gasteiger partial charge on any atom is 0.322 e. The van der Waals surface area contributed by atoms with E-state index in [4.69, 9.17) is 18.0 Å². The van der Waals surface area contributed by atoms with E-state index in [1.807, 2.05) is 0 Å². The number of hydrogen-bond donors (Lipinski definition) is 2. The van der Waals surface area contributed by atoms with Gasteiger partial charge in [-0.15, -0.1) is 0 Å². The van der Waals surface area contributed by atoms with Crippen LogP contribution >= 0.6 is 12.2 Å². The molecule has 104 valence electrons. The number of carbonyl (C=O) groups excluding carboxylic acids is 1. The molecule has 19 heavy (non-hydrogen) atoms. The van der Waals surface area contributed by atoms with Crippen LogP contribution in [0.25, 0.3) is 0 Å². The summed E-state index contributed by atoms with van der Waals surface area (Å²) in [6.45, 7) is 0.0803. The second kappa shape index (κ2) is 6.60. The Morgan fingerprint density at radius 1 is 1.37 bits per heavy atom. The Labute approximate surface area is 117 Å². The summed E-state index contributed by atoms with van der Waals surface area (Å²) in [5.74, 6) is -1.51. The average Bonchev–Trinajstić information content (AvgIpc) is 2.36. The summed E-state index contributed by atoms with van der Waals surface area (Å²) >= 11 is 4.80. The first kappa shape index (κ1) is 15.5. The zero-order valence-corrected chi connectivity index (χ0v) is 11.9. The van der Waals surface area contributed by atoms with Gasteiger partial charge in [-0.2, -0.15) is 0 Å². The predicted octanol–water partition coefficient (Wildman–Crippen LogP) is -0.0868. The topological polar surface area (TPSA) is 98.5 Å². The summed E-state index contributed by atoms with van der Waals surface area (Å²) in [5.41, 5.74) is 6.88. The lowest BCUT2D eigenvalue weighted by atomic mass is 10.1. The first-order chi connectivity index (χ1) is 8.84. The highest BCUT2D eigenvalue weighted by atomic mass is 32.2. The number of rotatable bonds is 6. The second-order valence-electron chi connectivity index (χ2n) is 3.72. The molecule has 0 fully saturated rings. The number of benzene rings is 1. The van der Waals surface area contributed by atoms with E-state index < -0.39 is 21.7 Å². The number of nitrogens with one attached hydrogen (secondary N) is 1. The molecule has 0 aromatic heterocycles. The molecule has 8 heteroatoms. The molecular formula is C11H14N2O4S2. The van der Waals surface area contributed by atoms with Crippen molar-refractivity contribution in [1.29, 1.82) is 0 Å². The predicted molar refractivity (Wildman–Crippen MR) is 75.0 cm³/mol. The van der Waals surface area contributed by atoms with Crippen LogP contribution in [0.5, 0.6) is 0 Å². The normalized spacial score (nSPS) is 11.0. The molecule has 0 saturated carbocycles. The van der Waals surface area contributed by atoms with Crippen molar-refractivity contribution in [3.63, 3.8) is 0 Å². The standard InChI is InChI=1S/C11H14N2O4S2/c1-17-10(14)7-19(15,16)13-6-8-2-4-9(5-3-8)11(12)18/h2-5,13H,6-7H2,1H3,(H2,12,18). The fraction of sp³-hybridized carbons (Fsp3) is 0.273. The molecule has 1 aromatic rings. The first-order valence-corrected chi connectivity index (χ1v) is 7.33.